The number of hydrogen-bond donors (Lipinski definition) is 0. The fourth-order valence-corrected chi connectivity index (χ4v) is 1.79. The van der Waals surface area contributed by atoms with Crippen LogP contribution < -0.4 is 18.9 Å². The second-order valence-corrected chi connectivity index (χ2v) is 4.70. The molecule has 0 radical (unpaired) electrons. The van der Waals surface area contributed by atoms with Gasteiger partial charge >= 0.3 is 18.9 Å². The molecule has 0 N–H and O–H groups in total. The fourth-order valence-electron chi connectivity index (χ4n) is 0.596. The van der Waals surface area contributed by atoms with Crippen molar-refractivity contribution in [2.24, 2.45) is 0 Å². The summed E-state index contributed by atoms with van der Waals surface area (Å²) in [5.41, 5.74) is 1.69. The second kappa shape index (κ2) is 6.15. The minimum atomic E-state index is 0. The molecule has 0 heterocycles. The van der Waals surface area contributed by atoms with Crippen molar-refractivity contribution in [2.75, 3.05) is 0 Å². The zero-order valence-corrected chi connectivity index (χ0v) is 7.50. The number of hydrogen-bond acceptors (Lipinski definition) is 0. The average Bonchev–Trinajstić information content (AvgIpc) is 1.27. The first-order chi connectivity index (χ1) is 3.13. The van der Waals surface area contributed by atoms with Crippen LogP contribution >= 0.6 is 8.58 Å². The molecular weight excluding hydrogens is 110 g/mol. The van der Waals surface area contributed by atoms with Crippen LogP contribution in [-0.2, 0) is 0 Å². The summed E-state index contributed by atoms with van der Waals surface area (Å²) in [7, 11) is 1.58. The van der Waals surface area contributed by atoms with E-state index in [2.05, 4.69) is 27.7 Å². The fraction of sp³-hybridized carbons (Fsp3) is 1.00. The van der Waals surface area contributed by atoms with E-state index in [1.165, 1.54) is 0 Å². The average molecular weight is 124 g/mol. The second-order valence-electron chi connectivity index (χ2n) is 2.34. The van der Waals surface area contributed by atoms with Gasteiger partial charge < -0.3 is 8.58 Å². The van der Waals surface area contributed by atoms with Gasteiger partial charge in [0.1, 0.15) is 0 Å². The van der Waals surface area contributed by atoms with E-state index < -0.39 is 0 Å². The first-order valence-corrected chi connectivity index (χ1v) is 3.86. The van der Waals surface area contributed by atoms with E-state index in [0.717, 1.165) is 11.3 Å². The summed E-state index contributed by atoms with van der Waals surface area (Å²) in [6.45, 7) is 9.01. The quantitative estimate of drug-likeness (QED) is 0.352. The minimum Gasteiger partial charge on any atom is -0.534 e. The monoisotopic (exact) mass is 124 g/mol. The van der Waals surface area contributed by atoms with Crippen LogP contribution in [0.15, 0.2) is 0 Å². The van der Waals surface area contributed by atoms with E-state index >= 15 is 0 Å². The molecule has 0 amide bonds. The van der Waals surface area contributed by atoms with Crippen molar-refractivity contribution >= 4 is 8.58 Å². The normalized spacial score (nSPS) is 9.75. The maximum Gasteiger partial charge on any atom is 1.00 e. The molecule has 0 atom stereocenters. The Morgan fingerprint density at radius 3 is 1.12 bits per heavy atom. The molecule has 2 heteroatoms. The molecule has 0 bridgehead atoms. The van der Waals surface area contributed by atoms with Crippen LogP contribution in [-0.4, -0.2) is 11.3 Å². The van der Waals surface area contributed by atoms with Crippen molar-refractivity contribution in [3.05, 3.63) is 0 Å². The van der Waals surface area contributed by atoms with Gasteiger partial charge in [0.2, 0.25) is 0 Å². The molecule has 44 valence electrons. The molecule has 0 aliphatic heterocycles. The first kappa shape index (κ1) is 11.8. The summed E-state index contributed by atoms with van der Waals surface area (Å²) >= 11 is 0. The van der Waals surface area contributed by atoms with Crippen molar-refractivity contribution in [3.63, 3.8) is 0 Å². The summed E-state index contributed by atoms with van der Waals surface area (Å²) in [5.74, 6) is 0. The van der Waals surface area contributed by atoms with Crippen molar-refractivity contribution in [2.45, 2.75) is 39.0 Å². The SMILES string of the molecule is CC(C)[P-]C(C)C.[Li+]. The van der Waals surface area contributed by atoms with Crippen LogP contribution in [0.1, 0.15) is 27.7 Å². The van der Waals surface area contributed by atoms with E-state index in [9.17, 15) is 0 Å². The minimum absolute atomic E-state index is 0. The molecule has 0 saturated carbocycles. The van der Waals surface area contributed by atoms with Crippen molar-refractivity contribution in [1.82, 2.24) is 0 Å². The topological polar surface area (TPSA) is 0 Å². The summed E-state index contributed by atoms with van der Waals surface area (Å²) < 4.78 is 0. The third kappa shape index (κ3) is 10.1. The third-order valence-electron chi connectivity index (χ3n) is 0.596. The third-order valence-corrected chi connectivity index (χ3v) is 1.79. The van der Waals surface area contributed by atoms with Crippen LogP contribution in [0.4, 0.5) is 0 Å². The van der Waals surface area contributed by atoms with E-state index in [1.807, 2.05) is 0 Å². The summed E-state index contributed by atoms with van der Waals surface area (Å²) in [4.78, 5) is 0. The van der Waals surface area contributed by atoms with Crippen LogP contribution in [0.25, 0.3) is 0 Å². The summed E-state index contributed by atoms with van der Waals surface area (Å²) in [5, 5.41) is 0. The zero-order valence-electron chi connectivity index (χ0n) is 6.60. The molecule has 0 aromatic heterocycles. The van der Waals surface area contributed by atoms with Crippen LogP contribution in [0.2, 0.25) is 0 Å². The van der Waals surface area contributed by atoms with Gasteiger partial charge in [-0.1, -0.05) is 27.7 Å². The largest absolute Gasteiger partial charge is 1.00 e. The van der Waals surface area contributed by atoms with Gasteiger partial charge in [-0.3, -0.25) is 0 Å². The molecule has 0 nitrogen and oxygen atoms in total. The molecule has 0 unspecified atom stereocenters. The molecule has 0 aromatic rings. The maximum absolute atomic E-state index is 2.25. The van der Waals surface area contributed by atoms with Crippen LogP contribution in [0.3, 0.4) is 0 Å². The molecular formula is C6H14LiP. The van der Waals surface area contributed by atoms with E-state index in [0.29, 0.717) is 0 Å². The molecule has 0 fully saturated rings. The summed E-state index contributed by atoms with van der Waals surface area (Å²) in [6, 6.07) is 0. The molecule has 0 saturated heterocycles. The van der Waals surface area contributed by atoms with Crippen molar-refractivity contribution in [3.8, 4) is 0 Å². The van der Waals surface area contributed by atoms with Gasteiger partial charge in [0.15, 0.2) is 0 Å². The van der Waals surface area contributed by atoms with Gasteiger partial charge in [-0.2, -0.15) is 11.3 Å². The molecule has 0 aromatic carbocycles. The van der Waals surface area contributed by atoms with Gasteiger partial charge in [0, 0.05) is 0 Å². The molecule has 8 heavy (non-hydrogen) atoms. The predicted molar refractivity (Wildman–Crippen MR) is 37.2 cm³/mol. The molecule has 0 rings (SSSR count). The van der Waals surface area contributed by atoms with E-state index in [4.69, 9.17) is 0 Å². The Kier molecular flexibility index (Phi) is 9.06. The first-order valence-electron chi connectivity index (χ1n) is 2.83. The standard InChI is InChI=1S/C6H14P.Li/c1-5(2)7-6(3)4;/h5-6H,1-4H3;/q-1;+1. The van der Waals surface area contributed by atoms with Gasteiger partial charge in [-0.05, 0) is 0 Å². The number of rotatable bonds is 2. The van der Waals surface area contributed by atoms with Crippen molar-refractivity contribution < 1.29 is 18.9 Å². The Morgan fingerprint density at radius 2 is 1.12 bits per heavy atom. The Morgan fingerprint density at radius 1 is 0.875 bits per heavy atom. The predicted octanol–water partition coefficient (Wildman–Crippen LogP) is -0.247. The van der Waals surface area contributed by atoms with Gasteiger partial charge in [-0.25, -0.2) is 0 Å². The smallest absolute Gasteiger partial charge is 0.534 e. The Bertz CT molecular complexity index is 37.8. The molecule has 0 aliphatic rings. The van der Waals surface area contributed by atoms with Crippen LogP contribution in [0.5, 0.6) is 0 Å². The van der Waals surface area contributed by atoms with Crippen molar-refractivity contribution in [1.29, 1.82) is 0 Å². The maximum atomic E-state index is 2.25. The Balaban J connectivity index is 0. The Hall–Kier alpha value is 1.03. The van der Waals surface area contributed by atoms with Gasteiger partial charge in [0.25, 0.3) is 0 Å². The molecule has 0 aliphatic carbocycles. The van der Waals surface area contributed by atoms with Crippen LogP contribution in [0, 0.1) is 0 Å². The van der Waals surface area contributed by atoms with Gasteiger partial charge in [-0.15, -0.1) is 0 Å². The molecule has 0 spiro atoms. The van der Waals surface area contributed by atoms with E-state index in [-0.39, 0.29) is 18.9 Å². The van der Waals surface area contributed by atoms with E-state index in [1.54, 1.807) is 8.58 Å². The Labute approximate surface area is 66.8 Å². The van der Waals surface area contributed by atoms with Gasteiger partial charge in [0.05, 0.1) is 0 Å². The summed E-state index contributed by atoms with van der Waals surface area (Å²) in [6.07, 6.45) is 0. The zero-order chi connectivity index (χ0) is 5.86.